The van der Waals surface area contributed by atoms with Gasteiger partial charge in [0.05, 0.1) is 5.54 Å². The van der Waals surface area contributed by atoms with Crippen LogP contribution in [0.2, 0.25) is 0 Å². The zero-order valence-electron chi connectivity index (χ0n) is 15.5. The molecular weight excluding hydrogens is 462 g/mol. The van der Waals surface area contributed by atoms with Gasteiger partial charge in [0.15, 0.2) is 0 Å². The summed E-state index contributed by atoms with van der Waals surface area (Å²) in [6.07, 6.45) is 4.66. The summed E-state index contributed by atoms with van der Waals surface area (Å²) in [7, 11) is 0. The average Bonchev–Trinajstić information content (AvgIpc) is 2.89. The number of nitrogens with zero attached hydrogens (tertiary/aromatic N) is 1. The Hall–Kier alpha value is -1.58. The van der Waals surface area contributed by atoms with Crippen LogP contribution in [0.25, 0.3) is 16.3 Å². The van der Waals surface area contributed by atoms with Gasteiger partial charge in [-0.25, -0.2) is 0 Å². The molecule has 136 valence electrons. The first-order chi connectivity index (χ1) is 12.9. The Morgan fingerprint density at radius 2 is 1.67 bits per heavy atom. The van der Waals surface area contributed by atoms with Crippen LogP contribution in [0.3, 0.4) is 0 Å². The third-order valence-corrected chi connectivity index (χ3v) is 7.22. The summed E-state index contributed by atoms with van der Waals surface area (Å²) in [4.78, 5) is 2.55. The molecule has 5 rings (SSSR count). The lowest BCUT2D eigenvalue weighted by molar-refractivity contribution is 0.481. The largest absolute Gasteiger partial charge is 0.331 e. The molecule has 3 aromatic rings. The molecule has 0 aromatic heterocycles. The van der Waals surface area contributed by atoms with Crippen molar-refractivity contribution in [2.45, 2.75) is 36.6 Å². The van der Waals surface area contributed by atoms with Crippen LogP contribution < -0.4 is 4.90 Å². The monoisotopic (exact) mass is 481 g/mol. The van der Waals surface area contributed by atoms with Crippen LogP contribution in [0.4, 0.5) is 11.4 Å². The molecule has 3 heteroatoms. The Balaban J connectivity index is 1.76. The van der Waals surface area contributed by atoms with Gasteiger partial charge in [-0.1, -0.05) is 68.3 Å². The summed E-state index contributed by atoms with van der Waals surface area (Å²) in [5.74, 6) is 0. The molecule has 0 N–H and O–H groups in total. The third kappa shape index (κ3) is 2.70. The predicted octanol–water partition coefficient (Wildman–Crippen LogP) is 7.84. The van der Waals surface area contributed by atoms with Gasteiger partial charge in [-0.2, -0.15) is 0 Å². The van der Waals surface area contributed by atoms with Crippen LogP contribution in [-0.4, -0.2) is 9.86 Å². The van der Waals surface area contributed by atoms with Gasteiger partial charge in [-0.3, -0.25) is 0 Å². The minimum absolute atomic E-state index is 0.0289. The minimum atomic E-state index is -0.0289. The van der Waals surface area contributed by atoms with E-state index in [1.54, 1.807) is 0 Å². The number of hydrogen-bond acceptors (Lipinski definition) is 1. The molecule has 0 radical (unpaired) electrons. The van der Waals surface area contributed by atoms with Gasteiger partial charge in [-0.05, 0) is 73.4 Å². The highest BCUT2D eigenvalue weighted by atomic mass is 79.9. The maximum Gasteiger partial charge on any atom is 0.0679 e. The Morgan fingerprint density at radius 3 is 2.48 bits per heavy atom. The zero-order valence-corrected chi connectivity index (χ0v) is 18.6. The van der Waals surface area contributed by atoms with Crippen LogP contribution in [0.5, 0.6) is 0 Å². The topological polar surface area (TPSA) is 3.24 Å². The van der Waals surface area contributed by atoms with Crippen molar-refractivity contribution in [1.29, 1.82) is 0 Å². The van der Waals surface area contributed by atoms with E-state index in [-0.39, 0.29) is 9.86 Å². The molecule has 1 nitrogen and oxygen atoms in total. The fraction of sp³-hybridized carbons (Fsp3) is 0.250. The molecule has 2 aliphatic rings. The summed E-state index contributed by atoms with van der Waals surface area (Å²) in [5.41, 5.74) is 5.30. The van der Waals surface area contributed by atoms with Crippen LogP contribution in [-0.2, 0) is 0 Å². The molecule has 3 aromatic carbocycles. The van der Waals surface area contributed by atoms with Gasteiger partial charge < -0.3 is 4.90 Å². The highest BCUT2D eigenvalue weighted by Crippen LogP contribution is 2.57. The number of alkyl halides is 1. The number of rotatable bonds is 1. The fourth-order valence-corrected chi connectivity index (χ4v) is 5.46. The first-order valence-electron chi connectivity index (χ1n) is 9.39. The summed E-state index contributed by atoms with van der Waals surface area (Å²) in [6, 6.07) is 22.1. The SMILES string of the molecule is CC1(Br)C=C2c3cc(Br)ccc3N(c3ccc4ccccc4c3)C2(C)CC1. The van der Waals surface area contributed by atoms with Gasteiger partial charge >= 0.3 is 0 Å². The third-order valence-electron chi connectivity index (χ3n) is 6.10. The van der Waals surface area contributed by atoms with Gasteiger partial charge in [0.2, 0.25) is 0 Å². The zero-order chi connectivity index (χ0) is 18.8. The molecule has 1 aliphatic heterocycles. The van der Waals surface area contributed by atoms with E-state index < -0.39 is 0 Å². The number of fused-ring (bicyclic) bond motifs is 4. The van der Waals surface area contributed by atoms with Crippen molar-refractivity contribution in [2.75, 3.05) is 4.90 Å². The maximum absolute atomic E-state index is 3.93. The van der Waals surface area contributed by atoms with Crippen LogP contribution in [0.15, 0.2) is 71.2 Å². The number of benzene rings is 3. The lowest BCUT2D eigenvalue weighted by atomic mass is 9.77. The second-order valence-corrected chi connectivity index (χ2v) is 10.9. The Kier molecular flexibility index (Phi) is 3.86. The molecule has 27 heavy (non-hydrogen) atoms. The molecule has 0 fully saturated rings. The maximum atomic E-state index is 3.93. The summed E-state index contributed by atoms with van der Waals surface area (Å²) >= 11 is 7.60. The molecular formula is C24H21Br2N. The molecule has 2 unspecified atom stereocenters. The fourth-order valence-electron chi connectivity index (χ4n) is 4.68. The van der Waals surface area contributed by atoms with Gasteiger partial charge in [0, 0.05) is 25.7 Å². The average molecular weight is 483 g/mol. The van der Waals surface area contributed by atoms with Crippen molar-refractivity contribution >= 4 is 59.6 Å². The van der Waals surface area contributed by atoms with Gasteiger partial charge in [0.25, 0.3) is 0 Å². The second-order valence-electron chi connectivity index (χ2n) is 8.14. The predicted molar refractivity (Wildman–Crippen MR) is 123 cm³/mol. The van der Waals surface area contributed by atoms with E-state index in [9.17, 15) is 0 Å². The normalized spacial score (nSPS) is 26.7. The van der Waals surface area contributed by atoms with E-state index in [0.29, 0.717) is 0 Å². The van der Waals surface area contributed by atoms with E-state index in [1.165, 1.54) is 33.3 Å². The van der Waals surface area contributed by atoms with E-state index in [0.717, 1.165) is 17.3 Å². The van der Waals surface area contributed by atoms with E-state index >= 15 is 0 Å². The number of anilines is 2. The summed E-state index contributed by atoms with van der Waals surface area (Å²) < 4.78 is 1.19. The summed E-state index contributed by atoms with van der Waals surface area (Å²) in [6.45, 7) is 4.67. The molecule has 0 amide bonds. The number of allylic oxidation sites excluding steroid dienone is 1. The van der Waals surface area contributed by atoms with Gasteiger partial charge in [-0.15, -0.1) is 0 Å². The Morgan fingerprint density at radius 1 is 0.889 bits per heavy atom. The number of hydrogen-bond donors (Lipinski definition) is 0. The van der Waals surface area contributed by atoms with Crippen molar-refractivity contribution in [3.05, 3.63) is 76.8 Å². The highest BCUT2D eigenvalue weighted by molar-refractivity contribution is 9.10. The highest BCUT2D eigenvalue weighted by Gasteiger charge is 2.48. The molecule has 1 aliphatic carbocycles. The van der Waals surface area contributed by atoms with Crippen molar-refractivity contribution in [2.24, 2.45) is 0 Å². The summed E-state index contributed by atoms with van der Waals surface area (Å²) in [5, 5.41) is 2.57. The Labute approximate surface area is 177 Å². The molecule has 1 heterocycles. The van der Waals surface area contributed by atoms with E-state index in [2.05, 4.69) is 117 Å². The van der Waals surface area contributed by atoms with Crippen molar-refractivity contribution < 1.29 is 0 Å². The minimum Gasteiger partial charge on any atom is -0.331 e. The Bertz CT molecular complexity index is 1100. The lowest BCUT2D eigenvalue weighted by Gasteiger charge is -2.43. The molecule has 0 saturated heterocycles. The van der Waals surface area contributed by atoms with Crippen molar-refractivity contribution in [1.82, 2.24) is 0 Å². The molecule has 0 saturated carbocycles. The van der Waals surface area contributed by atoms with Crippen LogP contribution >= 0.6 is 31.9 Å². The quantitative estimate of drug-likeness (QED) is 0.319. The lowest BCUT2D eigenvalue weighted by Crippen LogP contribution is -2.44. The number of halogens is 2. The van der Waals surface area contributed by atoms with E-state index in [1.807, 2.05) is 0 Å². The standard InChI is InChI=1S/C24H21Br2N/c1-23(26)11-12-24(2)21(15-23)20-14-18(25)8-10-22(20)27(24)19-9-7-16-5-3-4-6-17(16)13-19/h3-10,13-15H,11-12H2,1-2H3. The smallest absolute Gasteiger partial charge is 0.0679 e. The first kappa shape index (κ1) is 17.5. The molecule has 2 atom stereocenters. The van der Waals surface area contributed by atoms with Gasteiger partial charge in [0.1, 0.15) is 0 Å². The van der Waals surface area contributed by atoms with Crippen molar-refractivity contribution in [3.63, 3.8) is 0 Å². The van der Waals surface area contributed by atoms with Crippen LogP contribution in [0.1, 0.15) is 32.3 Å². The van der Waals surface area contributed by atoms with Crippen LogP contribution in [0, 0.1) is 0 Å². The molecule has 0 spiro atoms. The first-order valence-corrected chi connectivity index (χ1v) is 11.0. The molecule has 0 bridgehead atoms. The second kappa shape index (κ2) is 5.96. The van der Waals surface area contributed by atoms with E-state index in [4.69, 9.17) is 0 Å². The van der Waals surface area contributed by atoms with Crippen molar-refractivity contribution in [3.8, 4) is 0 Å².